The molecule has 5 N–H and O–H groups in total. The molecular formula is C20H24N6O2. The number of urea groups is 1. The van der Waals surface area contributed by atoms with Crippen molar-refractivity contribution in [3.8, 4) is 11.1 Å². The molecule has 0 bridgehead atoms. The van der Waals surface area contributed by atoms with Crippen molar-refractivity contribution in [3.05, 3.63) is 42.2 Å². The minimum atomic E-state index is -0.470. The maximum atomic E-state index is 12.4. The van der Waals surface area contributed by atoms with Crippen LogP contribution in [0.3, 0.4) is 0 Å². The van der Waals surface area contributed by atoms with Crippen LogP contribution >= 0.6 is 0 Å². The predicted molar refractivity (Wildman–Crippen MR) is 107 cm³/mol. The quantitative estimate of drug-likeness (QED) is 0.549. The van der Waals surface area contributed by atoms with E-state index in [0.717, 1.165) is 36.0 Å². The van der Waals surface area contributed by atoms with Gasteiger partial charge in [-0.1, -0.05) is 30.7 Å². The number of hydrogen-bond donors (Lipinski definition) is 3. The summed E-state index contributed by atoms with van der Waals surface area (Å²) in [6.45, 7) is 0.836. The van der Waals surface area contributed by atoms with Gasteiger partial charge in [-0.3, -0.25) is 0 Å². The lowest BCUT2D eigenvalue weighted by Crippen LogP contribution is -2.48. The largest absolute Gasteiger partial charge is 0.391 e. The van der Waals surface area contributed by atoms with E-state index in [0.29, 0.717) is 25.3 Å². The van der Waals surface area contributed by atoms with Gasteiger partial charge in [0.05, 0.1) is 11.5 Å². The van der Waals surface area contributed by atoms with E-state index >= 15 is 0 Å². The van der Waals surface area contributed by atoms with Crippen LogP contribution in [-0.2, 0) is 5.41 Å². The Balaban J connectivity index is 1.56. The number of likely N-dealkylation sites (tertiary alicyclic amines) is 1. The molecule has 2 heterocycles. The summed E-state index contributed by atoms with van der Waals surface area (Å²) in [6.07, 6.45) is 6.27. The molecule has 28 heavy (non-hydrogen) atoms. The summed E-state index contributed by atoms with van der Waals surface area (Å²) in [7, 11) is 0. The number of carbonyl (C=O) groups excluding carboxylic acids is 1. The number of benzene rings is 1. The number of nitrogens with two attached hydrogens (primary N) is 2. The lowest BCUT2D eigenvalue weighted by atomic mass is 9.63. The van der Waals surface area contributed by atoms with Gasteiger partial charge in [-0.15, -0.1) is 0 Å². The number of rotatable bonds is 3. The zero-order valence-corrected chi connectivity index (χ0v) is 15.6. The maximum absolute atomic E-state index is 12.4. The van der Waals surface area contributed by atoms with E-state index in [1.807, 2.05) is 24.3 Å². The van der Waals surface area contributed by atoms with Crippen LogP contribution in [0, 0.1) is 0 Å². The van der Waals surface area contributed by atoms with Crippen LogP contribution in [0.1, 0.15) is 31.2 Å². The Morgan fingerprint density at radius 2 is 1.86 bits per heavy atom. The topological polar surface area (TPSA) is 131 Å². The standard InChI is InChI=1S/C20H24N6O2/c21-17(25-19(28)26-9-6-16(27)12-26)20(7-1-8-20)15-4-2-13(3-5-15)14-10-23-18(22)24-11-14/h2-5,10-11,16,27H,1,6-9,12H2,(H2,21,25,28)(H2,22,23,24). The molecule has 1 saturated heterocycles. The van der Waals surface area contributed by atoms with E-state index < -0.39 is 11.5 Å². The maximum Gasteiger partial charge on any atom is 0.345 e. The molecule has 8 nitrogen and oxygen atoms in total. The number of β-amino-alcohol motifs (C(OH)–C–C–N with tert-alkyl or cyclic N) is 1. The van der Waals surface area contributed by atoms with Crippen molar-refractivity contribution >= 4 is 17.8 Å². The Morgan fingerprint density at radius 3 is 2.39 bits per heavy atom. The molecule has 146 valence electrons. The molecule has 1 aliphatic heterocycles. The first kappa shape index (κ1) is 18.4. The molecule has 0 radical (unpaired) electrons. The van der Waals surface area contributed by atoms with Crippen molar-refractivity contribution in [3.63, 3.8) is 0 Å². The third-order valence-corrected chi connectivity index (χ3v) is 5.79. The lowest BCUT2D eigenvalue weighted by molar-refractivity contribution is 0.175. The van der Waals surface area contributed by atoms with Crippen molar-refractivity contribution in [2.45, 2.75) is 37.2 Å². The Hall–Kier alpha value is -3.00. The Morgan fingerprint density at radius 1 is 1.18 bits per heavy atom. The molecule has 2 fully saturated rings. The molecule has 4 rings (SSSR count). The normalized spacial score (nSPS) is 21.4. The summed E-state index contributed by atoms with van der Waals surface area (Å²) in [6, 6.07) is 7.68. The van der Waals surface area contributed by atoms with Crippen LogP contribution in [0.15, 0.2) is 41.7 Å². The molecule has 8 heteroatoms. The molecule has 1 aliphatic carbocycles. The average Bonchev–Trinajstić information content (AvgIpc) is 3.09. The number of hydrogen-bond acceptors (Lipinski definition) is 5. The number of amidine groups is 1. The number of aliphatic imine (C=N–C) groups is 1. The molecule has 1 unspecified atom stereocenters. The van der Waals surface area contributed by atoms with Crippen molar-refractivity contribution in [1.82, 2.24) is 14.9 Å². The van der Waals surface area contributed by atoms with E-state index in [1.165, 1.54) is 0 Å². The van der Waals surface area contributed by atoms with Gasteiger partial charge in [-0.05, 0) is 30.4 Å². The van der Waals surface area contributed by atoms with E-state index in [9.17, 15) is 9.90 Å². The molecule has 0 spiro atoms. The van der Waals surface area contributed by atoms with Gasteiger partial charge in [0.25, 0.3) is 0 Å². The third kappa shape index (κ3) is 3.31. The second-order valence-electron chi connectivity index (χ2n) is 7.51. The van der Waals surface area contributed by atoms with E-state index in [-0.39, 0.29) is 12.0 Å². The zero-order valence-electron chi connectivity index (χ0n) is 15.6. The lowest BCUT2D eigenvalue weighted by Gasteiger charge is -2.41. The van der Waals surface area contributed by atoms with Gasteiger partial charge in [0.2, 0.25) is 5.95 Å². The summed E-state index contributed by atoms with van der Waals surface area (Å²) in [5, 5.41) is 9.62. The van der Waals surface area contributed by atoms with Gasteiger partial charge in [-0.25, -0.2) is 14.8 Å². The van der Waals surface area contributed by atoms with Gasteiger partial charge >= 0.3 is 6.03 Å². The third-order valence-electron chi connectivity index (χ3n) is 5.79. The number of aromatic nitrogens is 2. The fourth-order valence-corrected chi connectivity index (χ4v) is 3.89. The number of nitrogens with zero attached hydrogens (tertiary/aromatic N) is 4. The number of nitrogen functional groups attached to an aromatic ring is 1. The van der Waals surface area contributed by atoms with Crippen molar-refractivity contribution < 1.29 is 9.90 Å². The van der Waals surface area contributed by atoms with Crippen molar-refractivity contribution in [2.24, 2.45) is 10.7 Å². The van der Waals surface area contributed by atoms with E-state index in [4.69, 9.17) is 11.5 Å². The minimum Gasteiger partial charge on any atom is -0.391 e. The Bertz CT molecular complexity index is 890. The highest BCUT2D eigenvalue weighted by atomic mass is 16.3. The van der Waals surface area contributed by atoms with Crippen molar-refractivity contribution in [2.75, 3.05) is 18.8 Å². The summed E-state index contributed by atoms with van der Waals surface area (Å²) < 4.78 is 0. The first-order valence-electron chi connectivity index (χ1n) is 9.48. The smallest absolute Gasteiger partial charge is 0.345 e. The highest BCUT2D eigenvalue weighted by molar-refractivity contribution is 6.00. The summed E-state index contributed by atoms with van der Waals surface area (Å²) >= 11 is 0. The van der Waals surface area contributed by atoms with Crippen molar-refractivity contribution in [1.29, 1.82) is 0 Å². The van der Waals surface area contributed by atoms with Gasteiger partial charge < -0.3 is 21.5 Å². The first-order chi connectivity index (χ1) is 13.5. The predicted octanol–water partition coefficient (Wildman–Crippen LogP) is 1.69. The van der Waals surface area contributed by atoms with Crippen LogP contribution in [0.4, 0.5) is 10.7 Å². The van der Waals surface area contributed by atoms with Gasteiger partial charge in [-0.2, -0.15) is 4.99 Å². The fourth-order valence-electron chi connectivity index (χ4n) is 3.89. The molecule has 2 aromatic rings. The first-order valence-corrected chi connectivity index (χ1v) is 9.48. The van der Waals surface area contributed by atoms with Crippen LogP contribution in [0.5, 0.6) is 0 Å². The zero-order chi connectivity index (χ0) is 19.7. The summed E-state index contributed by atoms with van der Waals surface area (Å²) in [4.78, 5) is 26.2. The highest BCUT2D eigenvalue weighted by Crippen LogP contribution is 2.44. The number of aliphatic hydroxyl groups is 1. The molecule has 2 aliphatic rings. The number of aliphatic hydroxyl groups excluding tert-OH is 1. The summed E-state index contributed by atoms with van der Waals surface area (Å²) in [5.41, 5.74) is 14.4. The average molecular weight is 380 g/mol. The van der Waals surface area contributed by atoms with E-state index in [2.05, 4.69) is 15.0 Å². The Labute approximate surface area is 163 Å². The number of amides is 2. The molecule has 1 saturated carbocycles. The molecule has 2 amide bonds. The minimum absolute atomic E-state index is 0.243. The van der Waals surface area contributed by atoms with E-state index in [1.54, 1.807) is 17.3 Å². The highest BCUT2D eigenvalue weighted by Gasteiger charge is 2.43. The number of carbonyl (C=O) groups is 1. The molecule has 1 aromatic carbocycles. The van der Waals surface area contributed by atoms with Crippen LogP contribution in [0.2, 0.25) is 0 Å². The van der Waals surface area contributed by atoms with Gasteiger partial charge in [0.15, 0.2) is 0 Å². The fraction of sp³-hybridized carbons (Fsp3) is 0.400. The Kier molecular flexibility index (Phi) is 4.72. The van der Waals surface area contributed by atoms with Crippen LogP contribution in [0.25, 0.3) is 11.1 Å². The number of anilines is 1. The van der Waals surface area contributed by atoms with Gasteiger partial charge in [0.1, 0.15) is 5.84 Å². The van der Waals surface area contributed by atoms with Gasteiger partial charge in [0, 0.05) is 31.0 Å². The SMILES string of the molecule is NC(=NC(=O)N1CCC(O)C1)C1(c2ccc(-c3cnc(N)nc3)cc2)CCC1. The van der Waals surface area contributed by atoms with Crippen LogP contribution < -0.4 is 11.5 Å². The molecule has 1 atom stereocenters. The second kappa shape index (κ2) is 7.20. The molecule has 1 aromatic heterocycles. The molecular weight excluding hydrogens is 356 g/mol. The van der Waals surface area contributed by atoms with Crippen LogP contribution in [-0.4, -0.2) is 51.0 Å². The monoisotopic (exact) mass is 380 g/mol. The summed E-state index contributed by atoms with van der Waals surface area (Å²) in [5.74, 6) is 0.599. The second-order valence-corrected chi connectivity index (χ2v) is 7.51.